The summed E-state index contributed by atoms with van der Waals surface area (Å²) >= 11 is 0. The van der Waals surface area contributed by atoms with E-state index in [4.69, 9.17) is 9.97 Å². The third kappa shape index (κ3) is 6.93. The van der Waals surface area contributed by atoms with E-state index in [0.717, 1.165) is 67.5 Å². The number of piperazine rings is 1. The Hall–Kier alpha value is -3.50. The summed E-state index contributed by atoms with van der Waals surface area (Å²) in [5.41, 5.74) is 3.72. The molecule has 2 aliphatic heterocycles. The predicted molar refractivity (Wildman–Crippen MR) is 169 cm³/mol. The molecule has 1 fully saturated rings. The number of aliphatic hydroxyl groups excluding tert-OH is 1. The average Bonchev–Trinajstić information content (AvgIpc) is 3.17. The molecule has 5 rings (SSSR count). The molecule has 3 aliphatic rings. The molecule has 4 heterocycles. The number of aliphatic hydroxyl groups is 1. The maximum atomic E-state index is 12.3. The van der Waals surface area contributed by atoms with Crippen LogP contribution in [0.2, 0.25) is 0 Å². The summed E-state index contributed by atoms with van der Waals surface area (Å²) in [6.07, 6.45) is 8.77. The molecule has 10 nitrogen and oxygen atoms in total. The van der Waals surface area contributed by atoms with Crippen molar-refractivity contribution in [3.05, 3.63) is 59.2 Å². The number of aromatic nitrogens is 3. The minimum absolute atomic E-state index is 0.00162. The molecule has 1 aliphatic carbocycles. The van der Waals surface area contributed by atoms with E-state index in [9.17, 15) is 9.90 Å². The van der Waals surface area contributed by atoms with Gasteiger partial charge in [0.05, 0.1) is 13.2 Å². The van der Waals surface area contributed by atoms with Gasteiger partial charge < -0.3 is 30.0 Å². The van der Waals surface area contributed by atoms with Gasteiger partial charge in [-0.25, -0.2) is 9.97 Å². The average molecular weight is 577 g/mol. The van der Waals surface area contributed by atoms with E-state index in [1.165, 1.54) is 5.70 Å². The summed E-state index contributed by atoms with van der Waals surface area (Å²) in [5.74, 6) is 2.64. The smallest absolute Gasteiger partial charge is 0.241 e. The van der Waals surface area contributed by atoms with Crippen LogP contribution in [0.3, 0.4) is 0 Å². The van der Waals surface area contributed by atoms with Crippen LogP contribution in [0.5, 0.6) is 0 Å². The lowest BCUT2D eigenvalue weighted by molar-refractivity contribution is -0.133. The topological polar surface area (TPSA) is 101 Å². The standard InChI is InChI=1S/C30H42N8O2.C2H6/c1-21-9-10-23(11-12-25(21)37-16-15-36(5)27(40)18-37)33-29-31-17-24-28(34-29)38(19-30(24,2)20-39)26-8-6-7-22(32-26)13-14-35(3)4;1-2/h6-8,11-12,17,21,39H,9-10,13-16,18-20H2,1-5H3,(H,31,33,34);1-2H3/t21?,30-;/m0./s1. The van der Waals surface area contributed by atoms with Gasteiger partial charge in [0.15, 0.2) is 0 Å². The molecule has 2 atom stereocenters. The van der Waals surface area contributed by atoms with Crippen molar-refractivity contribution < 1.29 is 9.90 Å². The summed E-state index contributed by atoms with van der Waals surface area (Å²) in [4.78, 5) is 35.1. The van der Waals surface area contributed by atoms with Crippen LogP contribution in [-0.2, 0) is 16.6 Å². The van der Waals surface area contributed by atoms with Crippen molar-refractivity contribution in [2.24, 2.45) is 5.92 Å². The van der Waals surface area contributed by atoms with E-state index >= 15 is 0 Å². The number of hydrogen-bond donors (Lipinski definition) is 2. The van der Waals surface area contributed by atoms with Crippen molar-refractivity contribution in [3.8, 4) is 0 Å². The normalized spacial score (nSPS) is 22.3. The molecule has 2 aromatic rings. The van der Waals surface area contributed by atoms with Gasteiger partial charge in [0.2, 0.25) is 11.9 Å². The minimum atomic E-state index is -0.482. The highest BCUT2D eigenvalue weighted by Gasteiger charge is 2.41. The number of fused-ring (bicyclic) bond motifs is 1. The Morgan fingerprint density at radius 1 is 1.17 bits per heavy atom. The van der Waals surface area contributed by atoms with Gasteiger partial charge in [0.1, 0.15) is 11.6 Å². The molecule has 1 unspecified atom stereocenters. The van der Waals surface area contributed by atoms with E-state index in [0.29, 0.717) is 25.0 Å². The molecule has 1 saturated heterocycles. The van der Waals surface area contributed by atoms with Crippen molar-refractivity contribution >= 4 is 23.5 Å². The SMILES string of the molecule is CC.CC1CCC(Nc2ncc3c(n2)N(c2cccc(CCN(C)C)n2)C[C@@]3(C)CO)=CC=C1N1CCN(C)C(=O)C1. The van der Waals surface area contributed by atoms with Crippen LogP contribution < -0.4 is 10.2 Å². The monoisotopic (exact) mass is 576 g/mol. The Kier molecular flexibility index (Phi) is 10.2. The van der Waals surface area contributed by atoms with Crippen LogP contribution in [0.25, 0.3) is 0 Å². The molecule has 228 valence electrons. The first-order valence-corrected chi connectivity index (χ1v) is 15.2. The van der Waals surface area contributed by atoms with Crippen LogP contribution in [0.15, 0.2) is 47.9 Å². The Labute approximate surface area is 251 Å². The van der Waals surface area contributed by atoms with Crippen LogP contribution >= 0.6 is 0 Å². The van der Waals surface area contributed by atoms with Gasteiger partial charge in [-0.05, 0) is 57.1 Å². The Morgan fingerprint density at radius 3 is 2.67 bits per heavy atom. The van der Waals surface area contributed by atoms with Gasteiger partial charge >= 0.3 is 0 Å². The highest BCUT2D eigenvalue weighted by Crippen LogP contribution is 2.42. The lowest BCUT2D eigenvalue weighted by Crippen LogP contribution is -2.48. The highest BCUT2D eigenvalue weighted by atomic mass is 16.3. The molecule has 42 heavy (non-hydrogen) atoms. The van der Waals surface area contributed by atoms with Crippen LogP contribution in [0, 0.1) is 5.92 Å². The second-order valence-electron chi connectivity index (χ2n) is 11.9. The summed E-state index contributed by atoms with van der Waals surface area (Å²) in [6, 6.07) is 6.10. The zero-order valence-electron chi connectivity index (χ0n) is 26.4. The number of anilines is 3. The minimum Gasteiger partial charge on any atom is -0.395 e. The van der Waals surface area contributed by atoms with E-state index in [1.807, 2.05) is 46.1 Å². The number of rotatable bonds is 8. The highest BCUT2D eigenvalue weighted by molar-refractivity contribution is 5.79. The van der Waals surface area contributed by atoms with Gasteiger partial charge in [0, 0.05) is 73.9 Å². The van der Waals surface area contributed by atoms with Crippen molar-refractivity contribution in [2.75, 3.05) is 70.7 Å². The molecule has 10 heteroatoms. The number of hydrogen-bond acceptors (Lipinski definition) is 9. The van der Waals surface area contributed by atoms with Crippen molar-refractivity contribution in [1.82, 2.24) is 29.7 Å². The summed E-state index contributed by atoms with van der Waals surface area (Å²) in [6.45, 7) is 11.8. The van der Waals surface area contributed by atoms with Gasteiger partial charge in [-0.1, -0.05) is 33.8 Å². The van der Waals surface area contributed by atoms with Crippen LogP contribution in [0.1, 0.15) is 51.8 Å². The number of allylic oxidation sites excluding steroid dienone is 4. The zero-order chi connectivity index (χ0) is 30.4. The second-order valence-corrected chi connectivity index (χ2v) is 11.9. The summed E-state index contributed by atoms with van der Waals surface area (Å²) in [5, 5.41) is 13.8. The first-order chi connectivity index (χ1) is 20.2. The maximum absolute atomic E-state index is 12.3. The second kappa shape index (κ2) is 13.6. The zero-order valence-corrected chi connectivity index (χ0v) is 26.4. The van der Waals surface area contributed by atoms with Crippen molar-refractivity contribution in [2.45, 2.75) is 52.4 Å². The number of pyridine rings is 1. The number of likely N-dealkylation sites (N-methyl/N-ethyl adjacent to an activating group) is 2. The first kappa shape index (κ1) is 31.4. The summed E-state index contributed by atoms with van der Waals surface area (Å²) < 4.78 is 0. The number of nitrogens with one attached hydrogen (secondary N) is 1. The molecule has 0 aromatic carbocycles. The fraction of sp³-hybridized carbons (Fsp3) is 0.562. The Morgan fingerprint density at radius 2 is 1.95 bits per heavy atom. The number of nitrogens with zero attached hydrogens (tertiary/aromatic N) is 7. The fourth-order valence-corrected chi connectivity index (χ4v) is 5.59. The fourth-order valence-electron chi connectivity index (χ4n) is 5.59. The van der Waals surface area contributed by atoms with Crippen molar-refractivity contribution in [3.63, 3.8) is 0 Å². The van der Waals surface area contributed by atoms with Gasteiger partial charge in [0.25, 0.3) is 0 Å². The molecule has 1 amide bonds. The number of carbonyl (C=O) groups excluding carboxylic acids is 1. The van der Waals surface area contributed by atoms with E-state index in [1.54, 1.807) is 4.90 Å². The maximum Gasteiger partial charge on any atom is 0.241 e. The van der Waals surface area contributed by atoms with Gasteiger partial charge in [-0.2, -0.15) is 4.98 Å². The van der Waals surface area contributed by atoms with Crippen molar-refractivity contribution in [1.29, 1.82) is 0 Å². The summed E-state index contributed by atoms with van der Waals surface area (Å²) in [7, 11) is 5.99. The number of amides is 1. The molecule has 0 saturated carbocycles. The third-order valence-electron chi connectivity index (χ3n) is 8.32. The predicted octanol–water partition coefficient (Wildman–Crippen LogP) is 3.79. The number of carbonyl (C=O) groups is 1. The lowest BCUT2D eigenvalue weighted by Gasteiger charge is -2.36. The van der Waals surface area contributed by atoms with E-state index in [-0.39, 0.29) is 12.5 Å². The Balaban J connectivity index is 0.00000198. The molecule has 2 N–H and O–H groups in total. The first-order valence-electron chi connectivity index (χ1n) is 15.2. The van der Waals surface area contributed by atoms with E-state index < -0.39 is 5.41 Å². The van der Waals surface area contributed by atoms with Crippen LogP contribution in [0.4, 0.5) is 17.6 Å². The molecule has 0 spiro atoms. The molecule has 0 radical (unpaired) electrons. The molecular formula is C32H48N8O2. The quantitative estimate of drug-likeness (QED) is 0.486. The van der Waals surface area contributed by atoms with E-state index in [2.05, 4.69) is 64.2 Å². The van der Waals surface area contributed by atoms with Gasteiger partial charge in [-0.15, -0.1) is 0 Å². The Bertz CT molecular complexity index is 1310. The van der Waals surface area contributed by atoms with Gasteiger partial charge in [-0.3, -0.25) is 4.79 Å². The molecule has 2 aromatic heterocycles. The lowest BCUT2D eigenvalue weighted by atomic mass is 9.87. The van der Waals surface area contributed by atoms with Crippen LogP contribution in [-0.4, -0.2) is 101 Å². The molecule has 0 bridgehead atoms. The largest absolute Gasteiger partial charge is 0.395 e. The third-order valence-corrected chi connectivity index (χ3v) is 8.32. The molecular weight excluding hydrogens is 528 g/mol.